The van der Waals surface area contributed by atoms with Crippen LogP contribution in [0.5, 0.6) is 0 Å². The normalized spacial score (nSPS) is 10.2. The van der Waals surface area contributed by atoms with Gasteiger partial charge in [0.1, 0.15) is 29.2 Å². The van der Waals surface area contributed by atoms with Crippen molar-refractivity contribution in [1.82, 2.24) is 9.78 Å². The highest BCUT2D eigenvalue weighted by Crippen LogP contribution is 2.37. The van der Waals surface area contributed by atoms with Gasteiger partial charge in [-0.25, -0.2) is 13.9 Å². The molecule has 0 radical (unpaired) electrons. The summed E-state index contributed by atoms with van der Waals surface area (Å²) in [7, 11) is 0. The van der Waals surface area contributed by atoms with Gasteiger partial charge in [-0.1, -0.05) is 6.07 Å². The van der Waals surface area contributed by atoms with Gasteiger partial charge < -0.3 is 10.2 Å². The van der Waals surface area contributed by atoms with Crippen molar-refractivity contribution < 1.29 is 9.18 Å². The monoisotopic (exact) mass is 581 g/mol. The number of halogens is 1. The van der Waals surface area contributed by atoms with Crippen LogP contribution in [0.25, 0.3) is 10.5 Å². The lowest BCUT2D eigenvalue weighted by Crippen LogP contribution is -2.18. The number of amides is 1. The van der Waals surface area contributed by atoms with Crippen molar-refractivity contribution in [2.45, 2.75) is 20.3 Å². The summed E-state index contributed by atoms with van der Waals surface area (Å²) in [6.45, 7) is 10.7. The maximum Gasteiger partial charge on any atom is 0.221 e. The Balaban J connectivity index is 1.86. The Hall–Kier alpha value is -6.88. The van der Waals surface area contributed by atoms with Crippen LogP contribution < -0.4 is 10.2 Å². The number of nitrogens with one attached hydrogen (secondary N) is 1. The molecule has 0 aliphatic rings. The van der Waals surface area contributed by atoms with E-state index in [1.165, 1.54) is 35.9 Å². The Bertz CT molecular complexity index is 2030. The smallest absolute Gasteiger partial charge is 0.221 e. The lowest BCUT2D eigenvalue weighted by Gasteiger charge is -2.25. The molecule has 12 nitrogen and oxygen atoms in total. The van der Waals surface area contributed by atoms with Gasteiger partial charge in [0.25, 0.3) is 0 Å². The molecule has 0 aliphatic heterocycles. The van der Waals surface area contributed by atoms with E-state index in [1.807, 2.05) is 18.2 Å². The first-order valence-electron chi connectivity index (χ1n) is 12.8. The molecule has 1 amide bonds. The summed E-state index contributed by atoms with van der Waals surface area (Å²) in [6, 6.07) is 21.2. The molecule has 0 aliphatic carbocycles. The van der Waals surface area contributed by atoms with E-state index in [1.54, 1.807) is 42.2 Å². The fraction of sp³-hybridized carbons (Fsp3) is 0.129. The first-order valence-corrected chi connectivity index (χ1v) is 12.8. The number of benzene rings is 3. The molecule has 0 atom stereocenters. The quantitative estimate of drug-likeness (QED) is 0.174. The van der Waals surface area contributed by atoms with Gasteiger partial charge in [-0.3, -0.25) is 4.79 Å². The standard InChI is InChI=1S/C31H20FN11O/c1-19-26(18-36)31(43(41-19)30-13-22(17-35)21(16-34)12-29(30)37-3)40-39-27-9-8-25(15-28(27)38-20(2)44)42(11-5-10-33)24-7-4-6-23(32)14-24/h4,6-9,12-15H,5,11H2,1-2H3,(H,38,44). The van der Waals surface area contributed by atoms with Crippen LogP contribution >= 0.6 is 0 Å². The van der Waals surface area contributed by atoms with Crippen LogP contribution in [0.4, 0.5) is 38.6 Å². The highest BCUT2D eigenvalue weighted by molar-refractivity contribution is 5.93. The Morgan fingerprint density at radius 3 is 2.41 bits per heavy atom. The molecule has 4 aromatic rings. The van der Waals surface area contributed by atoms with E-state index in [0.717, 1.165) is 0 Å². The minimum absolute atomic E-state index is 0.00193. The first-order chi connectivity index (χ1) is 21.2. The molecule has 0 fully saturated rings. The number of anilines is 3. The van der Waals surface area contributed by atoms with Crippen molar-refractivity contribution in [2.24, 2.45) is 10.2 Å². The molecule has 1 aromatic heterocycles. The van der Waals surface area contributed by atoms with Gasteiger partial charge >= 0.3 is 0 Å². The second-order valence-electron chi connectivity index (χ2n) is 9.15. The molecule has 13 heteroatoms. The molecule has 1 heterocycles. The van der Waals surface area contributed by atoms with E-state index in [2.05, 4.69) is 31.6 Å². The van der Waals surface area contributed by atoms with Gasteiger partial charge in [-0.05, 0) is 55.5 Å². The summed E-state index contributed by atoms with van der Waals surface area (Å²) in [5, 5.41) is 53.6. The van der Waals surface area contributed by atoms with Crippen molar-refractivity contribution >= 4 is 40.2 Å². The maximum absolute atomic E-state index is 14.0. The number of carbonyl (C=O) groups excluding carboxylic acids is 1. The highest BCUT2D eigenvalue weighted by atomic mass is 19.1. The fourth-order valence-electron chi connectivity index (χ4n) is 4.31. The topological polar surface area (TPSA) is 174 Å². The van der Waals surface area contributed by atoms with Gasteiger partial charge in [0.15, 0.2) is 5.82 Å². The second-order valence-corrected chi connectivity index (χ2v) is 9.15. The summed E-state index contributed by atoms with van der Waals surface area (Å²) in [6.07, 6.45) is 0.142. The number of carbonyl (C=O) groups is 1. The van der Waals surface area contributed by atoms with Crippen molar-refractivity contribution in [3.8, 4) is 30.0 Å². The molecular formula is C31H20FN11O. The van der Waals surface area contributed by atoms with Gasteiger partial charge in [0.2, 0.25) is 11.6 Å². The molecule has 1 N–H and O–H groups in total. The summed E-state index contributed by atoms with van der Waals surface area (Å²) in [5.74, 6) is -0.908. The minimum Gasteiger partial charge on any atom is -0.340 e. The van der Waals surface area contributed by atoms with Crippen LogP contribution in [-0.4, -0.2) is 22.2 Å². The highest BCUT2D eigenvalue weighted by Gasteiger charge is 2.21. The third-order valence-electron chi connectivity index (χ3n) is 6.27. The molecule has 0 saturated heterocycles. The van der Waals surface area contributed by atoms with Gasteiger partial charge in [-0.2, -0.15) is 26.1 Å². The zero-order valence-corrected chi connectivity index (χ0v) is 23.4. The average Bonchev–Trinajstić information content (AvgIpc) is 3.34. The summed E-state index contributed by atoms with van der Waals surface area (Å²) in [4.78, 5) is 17.3. The molecule has 212 valence electrons. The molecular weight excluding hydrogens is 561 g/mol. The number of aromatic nitrogens is 2. The lowest BCUT2D eigenvalue weighted by atomic mass is 10.1. The van der Waals surface area contributed by atoms with E-state index in [4.69, 9.17) is 6.57 Å². The Kier molecular flexibility index (Phi) is 9.02. The number of hydrogen-bond acceptors (Lipinski definition) is 9. The third-order valence-corrected chi connectivity index (χ3v) is 6.27. The SMILES string of the molecule is [C-]#[N+]c1cc(C#N)c(C#N)cc1-n1nc(C)c(C#N)c1N=Nc1ccc(N(CCC#N)c2cccc(F)c2)cc1NC(C)=O. The Labute approximate surface area is 251 Å². The molecule has 0 bridgehead atoms. The van der Waals surface area contributed by atoms with Crippen LogP contribution in [0.3, 0.4) is 0 Å². The van der Waals surface area contributed by atoms with E-state index >= 15 is 0 Å². The predicted octanol–water partition coefficient (Wildman–Crippen LogP) is 6.91. The minimum atomic E-state index is -0.456. The van der Waals surface area contributed by atoms with Gasteiger partial charge in [0, 0.05) is 24.8 Å². The van der Waals surface area contributed by atoms with Gasteiger partial charge in [-0.15, -0.1) is 10.2 Å². The van der Waals surface area contributed by atoms with E-state index in [9.17, 15) is 30.2 Å². The summed E-state index contributed by atoms with van der Waals surface area (Å²) >= 11 is 0. The molecule has 0 spiro atoms. The summed E-state index contributed by atoms with van der Waals surface area (Å²) < 4.78 is 15.2. The lowest BCUT2D eigenvalue weighted by molar-refractivity contribution is -0.114. The van der Waals surface area contributed by atoms with E-state index < -0.39 is 11.7 Å². The van der Waals surface area contributed by atoms with Crippen molar-refractivity contribution in [3.63, 3.8) is 0 Å². The average molecular weight is 582 g/mol. The van der Waals surface area contributed by atoms with Crippen LogP contribution in [0.2, 0.25) is 0 Å². The first kappa shape index (κ1) is 30.1. The largest absolute Gasteiger partial charge is 0.340 e. The molecule has 44 heavy (non-hydrogen) atoms. The Morgan fingerprint density at radius 1 is 1.05 bits per heavy atom. The molecule has 0 unspecified atom stereocenters. The summed E-state index contributed by atoms with van der Waals surface area (Å²) in [5.41, 5.74) is 1.94. The van der Waals surface area contributed by atoms with Crippen LogP contribution in [0.15, 0.2) is 64.8 Å². The van der Waals surface area contributed by atoms with Crippen LogP contribution in [0.1, 0.15) is 35.7 Å². The zero-order chi connectivity index (χ0) is 31.8. The third kappa shape index (κ3) is 6.21. The Morgan fingerprint density at radius 2 is 1.77 bits per heavy atom. The second kappa shape index (κ2) is 13.2. The number of azo groups is 1. The fourth-order valence-corrected chi connectivity index (χ4v) is 4.31. The molecule has 4 rings (SSSR count). The molecule has 3 aromatic carbocycles. The molecule has 0 saturated carbocycles. The van der Waals surface area contributed by atoms with Crippen molar-refractivity contribution in [1.29, 1.82) is 21.0 Å². The van der Waals surface area contributed by atoms with Crippen LogP contribution in [0, 0.1) is 64.6 Å². The number of nitrogens with zero attached hydrogens (tertiary/aromatic N) is 10. The number of rotatable bonds is 8. The van der Waals surface area contributed by atoms with E-state index in [0.29, 0.717) is 11.4 Å². The predicted molar refractivity (Wildman–Crippen MR) is 157 cm³/mol. The number of aryl methyl sites for hydroxylation is 1. The van der Waals surface area contributed by atoms with E-state index in [-0.39, 0.29) is 63.9 Å². The van der Waals surface area contributed by atoms with Gasteiger partial charge in [0.05, 0.1) is 53.3 Å². The van der Waals surface area contributed by atoms with Crippen molar-refractivity contribution in [3.05, 3.63) is 94.2 Å². The maximum atomic E-state index is 14.0. The number of hydrogen-bond donors (Lipinski definition) is 1. The van der Waals surface area contributed by atoms with Crippen molar-refractivity contribution in [2.75, 3.05) is 16.8 Å². The number of nitriles is 4. The zero-order valence-electron chi connectivity index (χ0n) is 23.4. The van der Waals surface area contributed by atoms with Crippen LogP contribution in [-0.2, 0) is 4.79 Å².